The minimum atomic E-state index is -1.15. The molecule has 0 unspecified atom stereocenters. The molecule has 10 heteroatoms. The fourth-order valence-corrected chi connectivity index (χ4v) is 1.37. The van der Waals surface area contributed by atoms with Gasteiger partial charge in [-0.05, 0) is 0 Å². The standard InChI is InChI=1S/C11H22N2O8/c14-5-1-12(2-6-15)10(18)9-20-11(19)21-13(3-7-16)4-8-17/h14-17H,1-9H2. The third kappa shape index (κ3) is 9.15. The zero-order valence-corrected chi connectivity index (χ0v) is 11.7. The van der Waals surface area contributed by atoms with Gasteiger partial charge in [0.2, 0.25) is 0 Å². The molecule has 0 spiro atoms. The van der Waals surface area contributed by atoms with Gasteiger partial charge in [-0.25, -0.2) is 4.79 Å². The quantitative estimate of drug-likeness (QED) is 0.234. The molecule has 0 aromatic rings. The summed E-state index contributed by atoms with van der Waals surface area (Å²) >= 11 is 0. The number of carbonyl (C=O) groups excluding carboxylic acids is 2. The van der Waals surface area contributed by atoms with Crippen LogP contribution in [0.2, 0.25) is 0 Å². The highest BCUT2D eigenvalue weighted by Gasteiger charge is 2.17. The Morgan fingerprint density at radius 3 is 1.71 bits per heavy atom. The molecule has 0 bridgehead atoms. The summed E-state index contributed by atoms with van der Waals surface area (Å²) in [5, 5.41) is 36.0. The lowest BCUT2D eigenvalue weighted by Crippen LogP contribution is -2.39. The lowest BCUT2D eigenvalue weighted by molar-refractivity contribution is -0.149. The number of ether oxygens (including phenoxy) is 1. The predicted octanol–water partition coefficient (Wildman–Crippen LogP) is -2.85. The molecule has 10 nitrogen and oxygen atoms in total. The molecular formula is C11H22N2O8. The molecular weight excluding hydrogens is 288 g/mol. The maximum Gasteiger partial charge on any atom is 0.528 e. The molecule has 4 N–H and O–H groups in total. The molecule has 0 fully saturated rings. The second kappa shape index (κ2) is 12.3. The Hall–Kier alpha value is -1.46. The fourth-order valence-electron chi connectivity index (χ4n) is 1.37. The second-order valence-electron chi connectivity index (χ2n) is 3.83. The second-order valence-corrected chi connectivity index (χ2v) is 3.83. The van der Waals surface area contributed by atoms with Gasteiger partial charge in [-0.2, -0.15) is 0 Å². The van der Waals surface area contributed by atoms with Crippen LogP contribution in [0.25, 0.3) is 0 Å². The van der Waals surface area contributed by atoms with Gasteiger partial charge >= 0.3 is 6.16 Å². The Balaban J connectivity index is 4.16. The average Bonchev–Trinajstić information content (AvgIpc) is 2.45. The summed E-state index contributed by atoms with van der Waals surface area (Å²) in [6.45, 7) is -1.73. The number of hydroxylamine groups is 2. The Labute approximate surface area is 122 Å². The van der Waals surface area contributed by atoms with Crippen LogP contribution in [0.15, 0.2) is 0 Å². The normalized spacial score (nSPS) is 10.5. The van der Waals surface area contributed by atoms with E-state index in [4.69, 9.17) is 20.4 Å². The Bertz CT molecular complexity index is 290. The highest BCUT2D eigenvalue weighted by atomic mass is 16.8. The average molecular weight is 310 g/mol. The third-order valence-corrected chi connectivity index (χ3v) is 2.31. The van der Waals surface area contributed by atoms with E-state index < -0.39 is 18.7 Å². The molecule has 0 saturated heterocycles. The van der Waals surface area contributed by atoms with Gasteiger partial charge in [0.25, 0.3) is 5.91 Å². The highest BCUT2D eigenvalue weighted by Crippen LogP contribution is 1.96. The first-order valence-corrected chi connectivity index (χ1v) is 6.39. The number of hydrogen-bond donors (Lipinski definition) is 4. The van der Waals surface area contributed by atoms with Crippen LogP contribution in [0, 0.1) is 0 Å². The van der Waals surface area contributed by atoms with Crippen molar-refractivity contribution in [2.45, 2.75) is 0 Å². The van der Waals surface area contributed by atoms with Crippen LogP contribution in [-0.2, 0) is 14.4 Å². The molecule has 0 saturated carbocycles. The van der Waals surface area contributed by atoms with Crippen molar-refractivity contribution < 1.29 is 39.6 Å². The van der Waals surface area contributed by atoms with Gasteiger partial charge in [-0.15, -0.1) is 5.06 Å². The minimum Gasteiger partial charge on any atom is -0.423 e. The van der Waals surface area contributed by atoms with Gasteiger partial charge in [0.1, 0.15) is 0 Å². The first-order valence-electron chi connectivity index (χ1n) is 6.39. The largest absolute Gasteiger partial charge is 0.528 e. The monoisotopic (exact) mass is 310 g/mol. The predicted molar refractivity (Wildman–Crippen MR) is 68.9 cm³/mol. The van der Waals surface area contributed by atoms with Crippen molar-refractivity contribution in [1.82, 2.24) is 9.96 Å². The van der Waals surface area contributed by atoms with E-state index in [1.165, 1.54) is 0 Å². The van der Waals surface area contributed by atoms with E-state index in [9.17, 15) is 9.59 Å². The number of nitrogens with zero attached hydrogens (tertiary/aromatic N) is 2. The number of aliphatic hydroxyl groups excluding tert-OH is 4. The van der Waals surface area contributed by atoms with E-state index >= 15 is 0 Å². The van der Waals surface area contributed by atoms with Crippen LogP contribution < -0.4 is 0 Å². The summed E-state index contributed by atoms with van der Waals surface area (Å²) in [4.78, 5) is 28.8. The van der Waals surface area contributed by atoms with Crippen molar-refractivity contribution in [3.63, 3.8) is 0 Å². The smallest absolute Gasteiger partial charge is 0.423 e. The fraction of sp³-hybridized carbons (Fsp3) is 0.818. The van der Waals surface area contributed by atoms with E-state index in [0.717, 1.165) is 9.96 Å². The van der Waals surface area contributed by atoms with Gasteiger partial charge in [0.15, 0.2) is 6.61 Å². The molecule has 0 heterocycles. The van der Waals surface area contributed by atoms with Gasteiger partial charge in [0.05, 0.1) is 39.5 Å². The van der Waals surface area contributed by atoms with E-state index in [2.05, 4.69) is 9.57 Å². The molecule has 0 atom stereocenters. The Kier molecular flexibility index (Phi) is 11.4. The van der Waals surface area contributed by atoms with Crippen molar-refractivity contribution in [2.75, 3.05) is 59.2 Å². The SMILES string of the molecule is O=C(OCC(=O)N(CCO)CCO)ON(CCO)CCO. The van der Waals surface area contributed by atoms with Crippen LogP contribution in [0.4, 0.5) is 4.79 Å². The van der Waals surface area contributed by atoms with Crippen molar-refractivity contribution in [3.8, 4) is 0 Å². The van der Waals surface area contributed by atoms with Crippen LogP contribution >= 0.6 is 0 Å². The highest BCUT2D eigenvalue weighted by molar-refractivity contribution is 5.79. The topological polar surface area (TPSA) is 140 Å². The number of amides is 1. The van der Waals surface area contributed by atoms with E-state index in [0.29, 0.717) is 0 Å². The lowest BCUT2D eigenvalue weighted by atomic mass is 10.4. The molecule has 0 aromatic carbocycles. The Morgan fingerprint density at radius 1 is 0.810 bits per heavy atom. The summed E-state index contributed by atoms with van der Waals surface area (Å²) in [5.41, 5.74) is 0. The first-order chi connectivity index (χ1) is 10.1. The summed E-state index contributed by atoms with van der Waals surface area (Å²) in [5.74, 6) is -0.592. The third-order valence-electron chi connectivity index (χ3n) is 2.31. The van der Waals surface area contributed by atoms with Crippen molar-refractivity contribution >= 4 is 12.1 Å². The molecule has 124 valence electrons. The summed E-state index contributed by atoms with van der Waals surface area (Å²) in [6, 6.07) is 0. The first kappa shape index (κ1) is 19.5. The van der Waals surface area contributed by atoms with Crippen LogP contribution in [-0.4, -0.2) is 102 Å². The zero-order chi connectivity index (χ0) is 16.1. The number of carbonyl (C=O) groups is 2. The number of aliphatic hydroxyl groups is 4. The number of rotatable bonds is 11. The molecule has 0 radical (unpaired) electrons. The van der Waals surface area contributed by atoms with E-state index in [1.54, 1.807) is 0 Å². The van der Waals surface area contributed by atoms with Gasteiger partial charge in [0, 0.05) is 13.1 Å². The molecule has 0 aliphatic rings. The Morgan fingerprint density at radius 2 is 1.29 bits per heavy atom. The molecule has 1 amide bonds. The van der Waals surface area contributed by atoms with Gasteiger partial charge in [-0.1, -0.05) is 0 Å². The maximum atomic E-state index is 11.6. The molecule has 21 heavy (non-hydrogen) atoms. The molecule has 0 aromatic heterocycles. The zero-order valence-electron chi connectivity index (χ0n) is 11.7. The summed E-state index contributed by atoms with van der Waals surface area (Å²) < 4.78 is 4.58. The van der Waals surface area contributed by atoms with Crippen molar-refractivity contribution in [1.29, 1.82) is 0 Å². The molecule has 0 rings (SSSR count). The van der Waals surface area contributed by atoms with Crippen molar-refractivity contribution in [2.24, 2.45) is 0 Å². The van der Waals surface area contributed by atoms with E-state index in [1.807, 2.05) is 0 Å². The van der Waals surface area contributed by atoms with Crippen LogP contribution in [0.3, 0.4) is 0 Å². The molecule has 0 aliphatic carbocycles. The van der Waals surface area contributed by atoms with Gasteiger partial charge < -0.3 is 34.9 Å². The van der Waals surface area contributed by atoms with E-state index in [-0.39, 0.29) is 52.6 Å². The van der Waals surface area contributed by atoms with Crippen LogP contribution in [0.5, 0.6) is 0 Å². The molecule has 0 aliphatic heterocycles. The van der Waals surface area contributed by atoms with Gasteiger partial charge in [-0.3, -0.25) is 4.79 Å². The minimum absolute atomic E-state index is 0.00917. The van der Waals surface area contributed by atoms with Crippen LogP contribution in [0.1, 0.15) is 0 Å². The number of hydrogen-bond acceptors (Lipinski definition) is 9. The van der Waals surface area contributed by atoms with Crippen molar-refractivity contribution in [3.05, 3.63) is 0 Å². The maximum absolute atomic E-state index is 11.6. The lowest BCUT2D eigenvalue weighted by Gasteiger charge is -2.21. The summed E-state index contributed by atoms with van der Waals surface area (Å²) in [7, 11) is 0. The summed E-state index contributed by atoms with van der Waals surface area (Å²) in [6.07, 6.45) is -1.15.